The second-order valence-electron chi connectivity index (χ2n) is 3.63. The summed E-state index contributed by atoms with van der Waals surface area (Å²) in [6.45, 7) is 1.88. The summed E-state index contributed by atoms with van der Waals surface area (Å²) >= 11 is 0. The van der Waals surface area contributed by atoms with Crippen molar-refractivity contribution in [3.05, 3.63) is 35.5 Å². The topological polar surface area (TPSA) is 68.0 Å². The summed E-state index contributed by atoms with van der Waals surface area (Å²) in [7, 11) is 1.60. The largest absolute Gasteiger partial charge is 0.398 e. The van der Waals surface area contributed by atoms with E-state index < -0.39 is 0 Å². The number of rotatable bonds is 1. The minimum Gasteiger partial charge on any atom is -0.398 e. The second kappa shape index (κ2) is 3.81. The molecule has 0 aliphatic carbocycles. The van der Waals surface area contributed by atoms with Gasteiger partial charge < -0.3 is 11.1 Å². The number of nitrogens with zero attached hydrogens (tertiary/aromatic N) is 1. The van der Waals surface area contributed by atoms with Crippen molar-refractivity contribution >= 4 is 22.5 Å². The maximum absolute atomic E-state index is 11.7. The van der Waals surface area contributed by atoms with Crippen LogP contribution < -0.4 is 11.1 Å². The van der Waals surface area contributed by atoms with E-state index >= 15 is 0 Å². The zero-order valence-electron chi connectivity index (χ0n) is 9.24. The van der Waals surface area contributed by atoms with Gasteiger partial charge in [-0.3, -0.25) is 9.78 Å². The third-order valence-electron chi connectivity index (χ3n) is 2.61. The Morgan fingerprint density at radius 3 is 2.94 bits per heavy atom. The summed E-state index contributed by atoms with van der Waals surface area (Å²) in [5.74, 6) is -0.146. The van der Waals surface area contributed by atoms with Gasteiger partial charge in [-0.1, -0.05) is 0 Å². The smallest absolute Gasteiger partial charge is 0.253 e. The van der Waals surface area contributed by atoms with Gasteiger partial charge >= 0.3 is 0 Å². The summed E-state index contributed by atoms with van der Waals surface area (Å²) in [5.41, 5.74) is 8.73. The van der Waals surface area contributed by atoms with Crippen molar-refractivity contribution in [1.29, 1.82) is 0 Å². The number of fused-ring (bicyclic) bond motifs is 1. The van der Waals surface area contributed by atoms with Crippen LogP contribution in [0.3, 0.4) is 0 Å². The molecule has 16 heavy (non-hydrogen) atoms. The van der Waals surface area contributed by atoms with Crippen LogP contribution >= 0.6 is 0 Å². The third kappa shape index (κ3) is 1.48. The van der Waals surface area contributed by atoms with Crippen LogP contribution in [0.4, 0.5) is 5.69 Å². The Labute approximate surface area is 93.5 Å². The lowest BCUT2D eigenvalue weighted by Gasteiger charge is -2.09. The number of amides is 1. The molecular formula is C12H13N3O. The molecular weight excluding hydrogens is 202 g/mol. The number of hydrogen-bond acceptors (Lipinski definition) is 3. The fraction of sp³-hybridized carbons (Fsp3) is 0.167. The first-order valence-electron chi connectivity index (χ1n) is 5.01. The lowest BCUT2D eigenvalue weighted by molar-refractivity contribution is 0.0964. The number of nitrogens with one attached hydrogen (secondary N) is 1. The Morgan fingerprint density at radius 1 is 1.50 bits per heavy atom. The van der Waals surface area contributed by atoms with E-state index in [1.165, 1.54) is 0 Å². The number of hydrogen-bond donors (Lipinski definition) is 2. The Morgan fingerprint density at radius 2 is 2.25 bits per heavy atom. The first-order chi connectivity index (χ1) is 7.65. The van der Waals surface area contributed by atoms with Crippen LogP contribution in [0.2, 0.25) is 0 Å². The molecule has 4 nitrogen and oxygen atoms in total. The van der Waals surface area contributed by atoms with Crippen LogP contribution in [-0.2, 0) is 0 Å². The number of aryl methyl sites for hydroxylation is 1. The molecule has 2 aromatic rings. The van der Waals surface area contributed by atoms with Gasteiger partial charge in [0.1, 0.15) is 0 Å². The van der Waals surface area contributed by atoms with E-state index in [2.05, 4.69) is 10.3 Å². The number of pyridine rings is 1. The molecule has 0 spiro atoms. The number of carbonyl (C=O) groups is 1. The van der Waals surface area contributed by atoms with Crippen LogP contribution in [-0.4, -0.2) is 17.9 Å². The highest BCUT2D eigenvalue weighted by Crippen LogP contribution is 2.26. The lowest BCUT2D eigenvalue weighted by atomic mass is 10.0. The van der Waals surface area contributed by atoms with Crippen LogP contribution in [0, 0.1) is 6.92 Å². The van der Waals surface area contributed by atoms with Crippen LogP contribution in [0.25, 0.3) is 10.9 Å². The van der Waals surface area contributed by atoms with Crippen molar-refractivity contribution in [3.63, 3.8) is 0 Å². The van der Waals surface area contributed by atoms with Gasteiger partial charge in [0.05, 0.1) is 11.1 Å². The molecule has 1 aromatic carbocycles. The highest BCUT2D eigenvalue weighted by molar-refractivity contribution is 6.08. The zero-order valence-corrected chi connectivity index (χ0v) is 9.24. The van der Waals surface area contributed by atoms with Crippen LogP contribution in [0.1, 0.15) is 15.9 Å². The van der Waals surface area contributed by atoms with Crippen molar-refractivity contribution in [1.82, 2.24) is 10.3 Å². The molecule has 0 saturated heterocycles. The van der Waals surface area contributed by atoms with Crippen LogP contribution in [0.15, 0.2) is 24.4 Å². The Bertz CT molecular complexity index is 563. The molecule has 1 amide bonds. The normalized spacial score (nSPS) is 10.4. The van der Waals surface area contributed by atoms with Gasteiger partial charge in [-0.25, -0.2) is 0 Å². The average molecular weight is 215 g/mol. The number of aromatic nitrogens is 1. The summed E-state index contributed by atoms with van der Waals surface area (Å²) in [6.07, 6.45) is 1.66. The maximum atomic E-state index is 11.7. The summed E-state index contributed by atoms with van der Waals surface area (Å²) in [6, 6.07) is 5.45. The molecule has 0 bridgehead atoms. The monoisotopic (exact) mass is 215 g/mol. The molecule has 0 atom stereocenters. The first-order valence-corrected chi connectivity index (χ1v) is 5.01. The van der Waals surface area contributed by atoms with Gasteiger partial charge in [-0.15, -0.1) is 0 Å². The fourth-order valence-electron chi connectivity index (χ4n) is 1.72. The SMILES string of the molecule is CNC(=O)c1cc(C)c(N)c2cccnc12. The summed E-state index contributed by atoms with van der Waals surface area (Å²) < 4.78 is 0. The van der Waals surface area contributed by atoms with E-state index in [0.717, 1.165) is 10.9 Å². The molecule has 2 rings (SSSR count). The third-order valence-corrected chi connectivity index (χ3v) is 2.61. The van der Waals surface area contributed by atoms with E-state index in [4.69, 9.17) is 5.73 Å². The van der Waals surface area contributed by atoms with Gasteiger partial charge in [0.2, 0.25) is 0 Å². The molecule has 0 radical (unpaired) electrons. The van der Waals surface area contributed by atoms with Gasteiger partial charge in [0.25, 0.3) is 5.91 Å². The van der Waals surface area contributed by atoms with Gasteiger partial charge in [0.15, 0.2) is 0 Å². The van der Waals surface area contributed by atoms with Gasteiger partial charge in [-0.2, -0.15) is 0 Å². The highest BCUT2D eigenvalue weighted by atomic mass is 16.1. The number of benzene rings is 1. The van der Waals surface area contributed by atoms with Crippen molar-refractivity contribution in [3.8, 4) is 0 Å². The molecule has 3 N–H and O–H groups in total. The van der Waals surface area contributed by atoms with E-state index in [1.807, 2.05) is 19.1 Å². The fourth-order valence-corrected chi connectivity index (χ4v) is 1.72. The van der Waals surface area contributed by atoms with Crippen molar-refractivity contribution in [2.24, 2.45) is 0 Å². The van der Waals surface area contributed by atoms with Crippen molar-refractivity contribution < 1.29 is 4.79 Å². The maximum Gasteiger partial charge on any atom is 0.253 e. The van der Waals surface area contributed by atoms with Gasteiger partial charge in [0, 0.05) is 24.3 Å². The van der Waals surface area contributed by atoms with E-state index in [1.54, 1.807) is 19.3 Å². The quantitative estimate of drug-likeness (QED) is 0.708. The summed E-state index contributed by atoms with van der Waals surface area (Å²) in [4.78, 5) is 15.9. The molecule has 0 saturated carbocycles. The Kier molecular flexibility index (Phi) is 2.48. The number of nitrogen functional groups attached to an aromatic ring is 1. The molecule has 0 fully saturated rings. The molecule has 0 unspecified atom stereocenters. The van der Waals surface area contributed by atoms with Gasteiger partial charge in [-0.05, 0) is 30.7 Å². The molecule has 4 heteroatoms. The molecule has 0 aliphatic rings. The lowest BCUT2D eigenvalue weighted by Crippen LogP contribution is -2.19. The number of carbonyl (C=O) groups excluding carboxylic acids is 1. The Hall–Kier alpha value is -2.10. The zero-order chi connectivity index (χ0) is 11.7. The molecule has 1 heterocycles. The minimum atomic E-state index is -0.146. The van der Waals surface area contributed by atoms with E-state index in [9.17, 15) is 4.79 Å². The predicted molar refractivity (Wildman–Crippen MR) is 64.3 cm³/mol. The average Bonchev–Trinajstić information content (AvgIpc) is 2.33. The van der Waals surface area contributed by atoms with Crippen LogP contribution in [0.5, 0.6) is 0 Å². The Balaban J connectivity index is 2.85. The molecule has 1 aromatic heterocycles. The predicted octanol–water partition coefficient (Wildman–Crippen LogP) is 1.49. The number of anilines is 1. The first kappa shape index (κ1) is 10.4. The standard InChI is InChI=1S/C12H13N3O/c1-7-6-9(12(16)14-2)11-8(10(7)13)4-3-5-15-11/h3-6H,13H2,1-2H3,(H,14,16). The van der Waals surface area contributed by atoms with Crippen molar-refractivity contribution in [2.75, 3.05) is 12.8 Å². The van der Waals surface area contributed by atoms with E-state index in [-0.39, 0.29) is 5.91 Å². The number of nitrogens with two attached hydrogens (primary N) is 1. The highest BCUT2D eigenvalue weighted by Gasteiger charge is 2.13. The van der Waals surface area contributed by atoms with Crippen molar-refractivity contribution in [2.45, 2.75) is 6.92 Å². The molecule has 0 aliphatic heterocycles. The minimum absolute atomic E-state index is 0.146. The second-order valence-corrected chi connectivity index (χ2v) is 3.63. The van der Waals surface area contributed by atoms with E-state index in [0.29, 0.717) is 16.8 Å². The molecule has 82 valence electrons. The summed E-state index contributed by atoms with van der Waals surface area (Å²) in [5, 5.41) is 3.42.